The van der Waals surface area contributed by atoms with Gasteiger partial charge in [0.05, 0.1) is 25.6 Å². The minimum absolute atomic E-state index is 0.0396. The fourth-order valence-corrected chi connectivity index (χ4v) is 3.95. The number of piperidine rings is 1. The van der Waals surface area contributed by atoms with Crippen molar-refractivity contribution < 1.29 is 19.1 Å². The minimum atomic E-state index is -0.698. The highest BCUT2D eigenvalue weighted by Gasteiger charge is 2.48. The largest absolute Gasteiger partial charge is 0.497 e. The highest BCUT2D eigenvalue weighted by atomic mass is 16.6. The van der Waals surface area contributed by atoms with E-state index in [1.54, 1.807) is 13.2 Å². The summed E-state index contributed by atoms with van der Waals surface area (Å²) in [6.45, 7) is 1.10. The molecule has 2 heterocycles. The molecule has 4 rings (SSSR count). The maximum atomic E-state index is 12.8. The van der Waals surface area contributed by atoms with Crippen LogP contribution in [-0.2, 0) is 21.6 Å². The predicted molar refractivity (Wildman–Crippen MR) is 96.0 cm³/mol. The number of likely N-dealkylation sites (tertiary alicyclic amines) is 1. The van der Waals surface area contributed by atoms with Crippen LogP contribution in [0.1, 0.15) is 34.3 Å². The summed E-state index contributed by atoms with van der Waals surface area (Å²) in [5.74, 6) is 0.490. The van der Waals surface area contributed by atoms with Crippen molar-refractivity contribution >= 4 is 11.9 Å². The fraction of sp³-hybridized carbons (Fsp3) is 0.333. The van der Waals surface area contributed by atoms with Crippen molar-refractivity contribution in [3.05, 3.63) is 65.2 Å². The summed E-state index contributed by atoms with van der Waals surface area (Å²) in [5, 5.41) is 0. The fourth-order valence-electron chi connectivity index (χ4n) is 3.95. The van der Waals surface area contributed by atoms with Gasteiger partial charge in [-0.3, -0.25) is 4.79 Å². The van der Waals surface area contributed by atoms with Gasteiger partial charge in [-0.05, 0) is 36.6 Å². The molecule has 2 aliphatic rings. The highest BCUT2D eigenvalue weighted by Crippen LogP contribution is 2.42. The SMILES string of the molecule is COc1cccc(CC(=O)N2CCCC3(C2)OC(=O)c2ccccc23)c1. The molecule has 0 saturated carbocycles. The number of rotatable bonds is 3. The molecule has 0 aliphatic carbocycles. The van der Waals surface area contributed by atoms with Gasteiger partial charge in [0.15, 0.2) is 5.60 Å². The molecule has 1 unspecified atom stereocenters. The van der Waals surface area contributed by atoms with Crippen molar-refractivity contribution in [1.82, 2.24) is 4.90 Å². The first-order valence-corrected chi connectivity index (χ1v) is 8.85. The zero-order valence-corrected chi connectivity index (χ0v) is 14.7. The van der Waals surface area contributed by atoms with Crippen LogP contribution in [-0.4, -0.2) is 37.0 Å². The number of nitrogens with zero attached hydrogens (tertiary/aromatic N) is 1. The summed E-state index contributed by atoms with van der Waals surface area (Å²) < 4.78 is 11.0. The summed E-state index contributed by atoms with van der Waals surface area (Å²) in [4.78, 5) is 26.9. The second kappa shape index (κ2) is 6.48. The first-order chi connectivity index (χ1) is 12.6. The molecule has 1 atom stereocenters. The molecule has 2 aliphatic heterocycles. The number of carbonyl (C=O) groups is 2. The number of hydrogen-bond acceptors (Lipinski definition) is 4. The number of amides is 1. The third kappa shape index (κ3) is 2.83. The second-order valence-corrected chi connectivity index (χ2v) is 6.88. The molecule has 1 amide bonds. The van der Waals surface area contributed by atoms with Crippen LogP contribution >= 0.6 is 0 Å². The lowest BCUT2D eigenvalue weighted by atomic mass is 9.85. The molecule has 2 aromatic carbocycles. The van der Waals surface area contributed by atoms with Crippen LogP contribution in [0.3, 0.4) is 0 Å². The van der Waals surface area contributed by atoms with E-state index in [0.29, 0.717) is 25.1 Å². The van der Waals surface area contributed by atoms with Crippen LogP contribution in [0.25, 0.3) is 0 Å². The quantitative estimate of drug-likeness (QED) is 0.798. The van der Waals surface area contributed by atoms with Crippen LogP contribution < -0.4 is 4.74 Å². The maximum absolute atomic E-state index is 12.8. The van der Waals surface area contributed by atoms with Gasteiger partial charge in [0, 0.05) is 12.1 Å². The predicted octanol–water partition coefficient (Wildman–Crippen LogP) is 2.93. The Morgan fingerprint density at radius 2 is 2.08 bits per heavy atom. The Morgan fingerprint density at radius 1 is 1.23 bits per heavy atom. The van der Waals surface area contributed by atoms with Crippen molar-refractivity contribution in [2.45, 2.75) is 24.9 Å². The normalized spacial score (nSPS) is 21.4. The number of hydrogen-bond donors (Lipinski definition) is 0. The average Bonchev–Trinajstić information content (AvgIpc) is 2.94. The van der Waals surface area contributed by atoms with E-state index in [1.165, 1.54) is 0 Å². The van der Waals surface area contributed by atoms with E-state index in [-0.39, 0.29) is 11.9 Å². The van der Waals surface area contributed by atoms with Crippen LogP contribution in [0.15, 0.2) is 48.5 Å². The number of ether oxygens (including phenoxy) is 2. The molecule has 1 spiro atoms. The zero-order valence-electron chi connectivity index (χ0n) is 14.7. The number of fused-ring (bicyclic) bond motifs is 2. The summed E-state index contributed by atoms with van der Waals surface area (Å²) >= 11 is 0. The monoisotopic (exact) mass is 351 g/mol. The molecule has 5 nitrogen and oxygen atoms in total. The third-order valence-electron chi connectivity index (χ3n) is 5.22. The number of esters is 1. The van der Waals surface area contributed by atoms with E-state index >= 15 is 0 Å². The van der Waals surface area contributed by atoms with Gasteiger partial charge in [-0.25, -0.2) is 4.79 Å². The second-order valence-electron chi connectivity index (χ2n) is 6.88. The Kier molecular flexibility index (Phi) is 4.15. The van der Waals surface area contributed by atoms with E-state index in [4.69, 9.17) is 9.47 Å². The summed E-state index contributed by atoms with van der Waals surface area (Å²) in [6, 6.07) is 15.0. The van der Waals surface area contributed by atoms with Crippen molar-refractivity contribution in [3.8, 4) is 5.75 Å². The molecule has 1 saturated heterocycles. The first kappa shape index (κ1) is 16.6. The van der Waals surface area contributed by atoms with Gasteiger partial charge in [0.1, 0.15) is 5.75 Å². The molecule has 0 aromatic heterocycles. The minimum Gasteiger partial charge on any atom is -0.497 e. The lowest BCUT2D eigenvalue weighted by Gasteiger charge is -2.39. The van der Waals surface area contributed by atoms with Gasteiger partial charge in [-0.2, -0.15) is 0 Å². The maximum Gasteiger partial charge on any atom is 0.339 e. The van der Waals surface area contributed by atoms with Crippen LogP contribution in [0, 0.1) is 0 Å². The van der Waals surface area contributed by atoms with Crippen molar-refractivity contribution in [2.75, 3.05) is 20.2 Å². The number of methoxy groups -OCH3 is 1. The topological polar surface area (TPSA) is 55.8 Å². The average molecular weight is 351 g/mol. The first-order valence-electron chi connectivity index (χ1n) is 8.85. The van der Waals surface area contributed by atoms with E-state index < -0.39 is 5.60 Å². The van der Waals surface area contributed by atoms with Gasteiger partial charge in [-0.1, -0.05) is 30.3 Å². The van der Waals surface area contributed by atoms with Crippen LogP contribution in [0.4, 0.5) is 0 Å². The van der Waals surface area contributed by atoms with Crippen molar-refractivity contribution in [1.29, 1.82) is 0 Å². The zero-order chi connectivity index (χ0) is 18.1. The van der Waals surface area contributed by atoms with Gasteiger partial charge in [-0.15, -0.1) is 0 Å². The van der Waals surface area contributed by atoms with Crippen LogP contribution in [0.2, 0.25) is 0 Å². The molecular formula is C21H21NO4. The summed E-state index contributed by atoms with van der Waals surface area (Å²) in [7, 11) is 1.61. The molecule has 0 radical (unpaired) electrons. The van der Waals surface area contributed by atoms with Crippen LogP contribution in [0.5, 0.6) is 5.75 Å². The highest BCUT2D eigenvalue weighted by molar-refractivity contribution is 5.95. The van der Waals surface area contributed by atoms with E-state index in [9.17, 15) is 9.59 Å². The van der Waals surface area contributed by atoms with Crippen molar-refractivity contribution in [2.24, 2.45) is 0 Å². The molecule has 134 valence electrons. The number of benzene rings is 2. The molecule has 5 heteroatoms. The molecule has 0 N–H and O–H groups in total. The Hall–Kier alpha value is -2.82. The standard InChI is InChI=1S/C21H21NO4/c1-25-16-7-4-6-15(12-16)13-19(23)22-11-5-10-21(14-22)18-9-3-2-8-17(18)20(24)26-21/h2-4,6-9,12H,5,10-11,13-14H2,1H3. The van der Waals surface area contributed by atoms with Gasteiger partial charge in [0.2, 0.25) is 5.91 Å². The lowest BCUT2D eigenvalue weighted by Crippen LogP contribution is -2.49. The smallest absolute Gasteiger partial charge is 0.339 e. The Labute approximate surface area is 152 Å². The van der Waals surface area contributed by atoms with Gasteiger partial charge >= 0.3 is 5.97 Å². The van der Waals surface area contributed by atoms with Crippen molar-refractivity contribution in [3.63, 3.8) is 0 Å². The Morgan fingerprint density at radius 3 is 2.92 bits per heavy atom. The summed E-state index contributed by atoms with van der Waals surface area (Å²) in [5.41, 5.74) is 1.74. The van der Waals surface area contributed by atoms with E-state index in [0.717, 1.165) is 29.7 Å². The van der Waals surface area contributed by atoms with E-state index in [2.05, 4.69) is 0 Å². The van der Waals surface area contributed by atoms with Gasteiger partial charge < -0.3 is 14.4 Å². The molecule has 26 heavy (non-hydrogen) atoms. The molecule has 0 bridgehead atoms. The van der Waals surface area contributed by atoms with Gasteiger partial charge in [0.25, 0.3) is 0 Å². The van der Waals surface area contributed by atoms with E-state index in [1.807, 2.05) is 47.4 Å². The lowest BCUT2D eigenvalue weighted by molar-refractivity contribution is -0.138. The number of carbonyl (C=O) groups excluding carboxylic acids is 2. The summed E-state index contributed by atoms with van der Waals surface area (Å²) in [6.07, 6.45) is 1.87. The molecule has 2 aromatic rings. The molecular weight excluding hydrogens is 330 g/mol. The Bertz CT molecular complexity index is 863. The Balaban J connectivity index is 1.54. The third-order valence-corrected chi connectivity index (χ3v) is 5.22. The molecule has 1 fully saturated rings.